The molecule has 0 aliphatic heterocycles. The summed E-state index contributed by atoms with van der Waals surface area (Å²) in [6, 6.07) is 0.297. The molecule has 3 N–H and O–H groups in total. The second-order valence-electron chi connectivity index (χ2n) is 5.57. The van der Waals surface area contributed by atoms with Gasteiger partial charge in [0, 0.05) is 25.0 Å². The summed E-state index contributed by atoms with van der Waals surface area (Å²) < 4.78 is 0. The lowest BCUT2D eigenvalue weighted by molar-refractivity contribution is -0.126. The summed E-state index contributed by atoms with van der Waals surface area (Å²) in [7, 11) is 4.02. The molecule has 0 bridgehead atoms. The zero-order valence-electron chi connectivity index (χ0n) is 11.4. The minimum absolute atomic E-state index is 0.100. The number of hydrogen-bond acceptors (Lipinski definition) is 3. The molecular formula is C13H27N3O. The van der Waals surface area contributed by atoms with Gasteiger partial charge in [-0.2, -0.15) is 0 Å². The third kappa shape index (κ3) is 5.04. The van der Waals surface area contributed by atoms with Gasteiger partial charge in [-0.1, -0.05) is 13.3 Å². The van der Waals surface area contributed by atoms with Gasteiger partial charge in [-0.05, 0) is 39.3 Å². The maximum absolute atomic E-state index is 12.0. The largest absolute Gasteiger partial charge is 0.355 e. The van der Waals surface area contributed by atoms with Crippen LogP contribution in [0.2, 0.25) is 0 Å². The van der Waals surface area contributed by atoms with Gasteiger partial charge in [-0.25, -0.2) is 0 Å². The third-order valence-corrected chi connectivity index (χ3v) is 3.73. The van der Waals surface area contributed by atoms with Crippen molar-refractivity contribution in [3.05, 3.63) is 0 Å². The van der Waals surface area contributed by atoms with Gasteiger partial charge >= 0.3 is 0 Å². The number of likely N-dealkylation sites (N-methyl/N-ethyl adjacent to an activating group) is 1. The monoisotopic (exact) mass is 241 g/mol. The van der Waals surface area contributed by atoms with Gasteiger partial charge < -0.3 is 16.0 Å². The van der Waals surface area contributed by atoms with E-state index in [0.717, 1.165) is 32.4 Å². The summed E-state index contributed by atoms with van der Waals surface area (Å²) in [5.74, 6) is 0.757. The zero-order chi connectivity index (χ0) is 12.8. The Morgan fingerprint density at radius 1 is 1.47 bits per heavy atom. The van der Waals surface area contributed by atoms with E-state index in [9.17, 15) is 4.79 Å². The van der Waals surface area contributed by atoms with E-state index in [1.165, 1.54) is 6.42 Å². The molecule has 1 fully saturated rings. The van der Waals surface area contributed by atoms with E-state index >= 15 is 0 Å². The predicted molar refractivity (Wildman–Crippen MR) is 70.7 cm³/mol. The standard InChI is InChI=1S/C13H27N3O/c1-10(11-5-4-6-12(14)9-11)13(17)15-7-8-16(2)3/h10-12H,4-9,14H2,1-3H3,(H,15,17). The lowest BCUT2D eigenvalue weighted by Gasteiger charge is -2.30. The van der Waals surface area contributed by atoms with Crippen molar-refractivity contribution in [2.45, 2.75) is 38.6 Å². The highest BCUT2D eigenvalue weighted by Crippen LogP contribution is 2.29. The number of nitrogens with zero attached hydrogens (tertiary/aromatic N) is 1. The molecule has 1 aliphatic carbocycles. The van der Waals surface area contributed by atoms with Crippen molar-refractivity contribution in [3.8, 4) is 0 Å². The molecule has 100 valence electrons. The van der Waals surface area contributed by atoms with Crippen LogP contribution >= 0.6 is 0 Å². The van der Waals surface area contributed by atoms with Gasteiger partial charge in [0.2, 0.25) is 5.91 Å². The van der Waals surface area contributed by atoms with Crippen molar-refractivity contribution < 1.29 is 4.79 Å². The van der Waals surface area contributed by atoms with Crippen molar-refractivity contribution in [2.75, 3.05) is 27.2 Å². The maximum atomic E-state index is 12.0. The first kappa shape index (κ1) is 14.5. The van der Waals surface area contributed by atoms with E-state index in [4.69, 9.17) is 5.73 Å². The fourth-order valence-electron chi connectivity index (χ4n) is 2.50. The Kier molecular flexibility index (Phi) is 5.92. The predicted octanol–water partition coefficient (Wildman–Crippen LogP) is 0.818. The van der Waals surface area contributed by atoms with Gasteiger partial charge in [0.05, 0.1) is 0 Å². The average molecular weight is 241 g/mol. The highest BCUT2D eigenvalue weighted by molar-refractivity contribution is 5.78. The zero-order valence-corrected chi connectivity index (χ0v) is 11.4. The number of nitrogens with two attached hydrogens (primary N) is 1. The fraction of sp³-hybridized carbons (Fsp3) is 0.923. The van der Waals surface area contributed by atoms with Crippen LogP contribution in [0.25, 0.3) is 0 Å². The van der Waals surface area contributed by atoms with E-state index < -0.39 is 0 Å². The van der Waals surface area contributed by atoms with E-state index in [1.54, 1.807) is 0 Å². The molecule has 3 unspecified atom stereocenters. The van der Waals surface area contributed by atoms with Gasteiger partial charge in [0.1, 0.15) is 0 Å². The second-order valence-corrected chi connectivity index (χ2v) is 5.57. The van der Waals surface area contributed by atoms with Crippen LogP contribution in [-0.4, -0.2) is 44.0 Å². The fourth-order valence-corrected chi connectivity index (χ4v) is 2.50. The average Bonchev–Trinajstić information content (AvgIpc) is 2.27. The third-order valence-electron chi connectivity index (χ3n) is 3.73. The number of carbonyl (C=O) groups excluding carboxylic acids is 1. The summed E-state index contributed by atoms with van der Waals surface area (Å²) in [5.41, 5.74) is 5.96. The first-order chi connectivity index (χ1) is 8.00. The van der Waals surface area contributed by atoms with Crippen LogP contribution in [0.3, 0.4) is 0 Å². The van der Waals surface area contributed by atoms with E-state index in [-0.39, 0.29) is 11.8 Å². The van der Waals surface area contributed by atoms with Crippen LogP contribution in [0.15, 0.2) is 0 Å². The Hall–Kier alpha value is -0.610. The molecule has 0 aromatic heterocycles. The quantitative estimate of drug-likeness (QED) is 0.749. The first-order valence-corrected chi connectivity index (χ1v) is 6.68. The Labute approximate surface area is 105 Å². The SMILES string of the molecule is CC(C(=O)NCCN(C)C)C1CCCC(N)C1. The Morgan fingerprint density at radius 3 is 2.76 bits per heavy atom. The molecule has 1 amide bonds. The number of nitrogens with one attached hydrogen (secondary N) is 1. The normalized spacial score (nSPS) is 26.9. The van der Waals surface area contributed by atoms with Gasteiger partial charge in [0.25, 0.3) is 0 Å². The van der Waals surface area contributed by atoms with Crippen LogP contribution in [0.1, 0.15) is 32.6 Å². The Balaban J connectivity index is 2.30. The summed E-state index contributed by atoms with van der Waals surface area (Å²) in [5, 5.41) is 3.00. The molecule has 4 heteroatoms. The lowest BCUT2D eigenvalue weighted by atomic mass is 9.78. The summed E-state index contributed by atoms with van der Waals surface area (Å²) in [6.45, 7) is 3.66. The van der Waals surface area contributed by atoms with Crippen molar-refractivity contribution in [3.63, 3.8) is 0 Å². The van der Waals surface area contributed by atoms with Crippen LogP contribution < -0.4 is 11.1 Å². The molecule has 0 spiro atoms. The molecule has 1 rings (SSSR count). The molecule has 4 nitrogen and oxygen atoms in total. The minimum atomic E-state index is 0.100. The van der Waals surface area contributed by atoms with Crippen molar-refractivity contribution >= 4 is 5.91 Å². The number of amides is 1. The minimum Gasteiger partial charge on any atom is -0.355 e. The number of hydrogen-bond donors (Lipinski definition) is 2. The molecular weight excluding hydrogens is 214 g/mol. The molecule has 0 aromatic rings. The summed E-state index contributed by atoms with van der Waals surface area (Å²) >= 11 is 0. The Morgan fingerprint density at radius 2 is 2.18 bits per heavy atom. The smallest absolute Gasteiger partial charge is 0.223 e. The van der Waals surface area contributed by atoms with E-state index in [0.29, 0.717) is 12.0 Å². The molecule has 0 aromatic carbocycles. The molecule has 1 aliphatic rings. The Bertz CT molecular complexity index is 243. The van der Waals surface area contributed by atoms with Crippen LogP contribution in [0.5, 0.6) is 0 Å². The van der Waals surface area contributed by atoms with Gasteiger partial charge in [-0.15, -0.1) is 0 Å². The van der Waals surface area contributed by atoms with Crippen molar-refractivity contribution in [1.29, 1.82) is 0 Å². The highest BCUT2D eigenvalue weighted by atomic mass is 16.1. The summed E-state index contributed by atoms with van der Waals surface area (Å²) in [6.07, 6.45) is 4.44. The van der Waals surface area contributed by atoms with Crippen molar-refractivity contribution in [1.82, 2.24) is 10.2 Å². The topological polar surface area (TPSA) is 58.4 Å². The molecule has 0 heterocycles. The molecule has 0 saturated heterocycles. The highest BCUT2D eigenvalue weighted by Gasteiger charge is 2.28. The van der Waals surface area contributed by atoms with Gasteiger partial charge in [-0.3, -0.25) is 4.79 Å². The first-order valence-electron chi connectivity index (χ1n) is 6.68. The van der Waals surface area contributed by atoms with E-state index in [1.807, 2.05) is 21.0 Å². The molecule has 1 saturated carbocycles. The van der Waals surface area contributed by atoms with Crippen LogP contribution in [-0.2, 0) is 4.79 Å². The molecule has 0 radical (unpaired) electrons. The maximum Gasteiger partial charge on any atom is 0.223 e. The number of rotatable bonds is 5. The van der Waals surface area contributed by atoms with Crippen molar-refractivity contribution in [2.24, 2.45) is 17.6 Å². The second kappa shape index (κ2) is 6.97. The van der Waals surface area contributed by atoms with Crippen LogP contribution in [0, 0.1) is 11.8 Å². The molecule has 17 heavy (non-hydrogen) atoms. The number of carbonyl (C=O) groups is 1. The lowest BCUT2D eigenvalue weighted by Crippen LogP contribution is -2.40. The van der Waals surface area contributed by atoms with Crippen LogP contribution in [0.4, 0.5) is 0 Å². The molecule has 3 atom stereocenters. The van der Waals surface area contributed by atoms with E-state index in [2.05, 4.69) is 10.2 Å². The van der Waals surface area contributed by atoms with Gasteiger partial charge in [0.15, 0.2) is 0 Å². The summed E-state index contributed by atoms with van der Waals surface area (Å²) in [4.78, 5) is 14.0.